The number of rotatable bonds is 3. The van der Waals surface area contributed by atoms with E-state index in [0.29, 0.717) is 36.7 Å². The largest absolute Gasteiger partial charge is 0.490 e. The zero-order valence-electron chi connectivity index (χ0n) is 13.0. The molecule has 0 aliphatic carbocycles. The predicted molar refractivity (Wildman–Crippen MR) is 84.6 cm³/mol. The Balaban J connectivity index is 1.55. The maximum absolute atomic E-state index is 12.6. The van der Waals surface area contributed by atoms with Crippen LogP contribution in [0.4, 0.5) is 13.2 Å². The SMILES string of the molecule is O=C(c1cc(C(F)(F)F)[nH]n1)N1CCC(Oc2ccc(Cl)cc2)CC1. The number of alkyl halides is 3. The molecule has 25 heavy (non-hydrogen) atoms. The van der Waals surface area contributed by atoms with Gasteiger partial charge in [0.25, 0.3) is 5.91 Å². The van der Waals surface area contributed by atoms with E-state index >= 15 is 0 Å². The predicted octanol–water partition coefficient (Wildman–Crippen LogP) is 3.77. The molecule has 1 aromatic carbocycles. The molecule has 2 aromatic rings. The summed E-state index contributed by atoms with van der Waals surface area (Å²) in [4.78, 5) is 13.7. The molecule has 0 unspecified atom stereocenters. The van der Waals surface area contributed by atoms with Crippen LogP contribution in [0.5, 0.6) is 5.75 Å². The number of likely N-dealkylation sites (tertiary alicyclic amines) is 1. The molecule has 1 aliphatic rings. The monoisotopic (exact) mass is 373 g/mol. The fraction of sp³-hybridized carbons (Fsp3) is 0.375. The summed E-state index contributed by atoms with van der Waals surface area (Å²) in [5, 5.41) is 5.94. The number of nitrogens with zero attached hydrogens (tertiary/aromatic N) is 2. The normalized spacial score (nSPS) is 16.1. The van der Waals surface area contributed by atoms with E-state index in [1.54, 1.807) is 24.3 Å². The molecule has 5 nitrogen and oxygen atoms in total. The van der Waals surface area contributed by atoms with Gasteiger partial charge >= 0.3 is 6.18 Å². The average molecular weight is 374 g/mol. The molecule has 9 heteroatoms. The molecule has 0 saturated carbocycles. The Bertz CT molecular complexity index is 738. The fourth-order valence-corrected chi connectivity index (χ4v) is 2.75. The van der Waals surface area contributed by atoms with E-state index in [1.807, 2.05) is 5.10 Å². The maximum atomic E-state index is 12.6. The van der Waals surface area contributed by atoms with Gasteiger partial charge in [-0.2, -0.15) is 18.3 Å². The molecule has 0 bridgehead atoms. The van der Waals surface area contributed by atoms with Gasteiger partial charge in [-0.15, -0.1) is 0 Å². The second-order valence-corrected chi connectivity index (χ2v) is 6.16. The van der Waals surface area contributed by atoms with Crippen molar-refractivity contribution in [3.05, 3.63) is 46.7 Å². The van der Waals surface area contributed by atoms with Crippen LogP contribution in [0, 0.1) is 0 Å². The van der Waals surface area contributed by atoms with E-state index in [1.165, 1.54) is 4.90 Å². The Morgan fingerprint density at radius 1 is 1.24 bits per heavy atom. The van der Waals surface area contributed by atoms with Crippen molar-refractivity contribution in [1.29, 1.82) is 0 Å². The van der Waals surface area contributed by atoms with Crippen LogP contribution in [0.3, 0.4) is 0 Å². The quantitative estimate of drug-likeness (QED) is 0.891. The lowest BCUT2D eigenvalue weighted by Crippen LogP contribution is -2.41. The number of halogens is 4. The van der Waals surface area contributed by atoms with Crippen molar-refractivity contribution in [2.45, 2.75) is 25.1 Å². The molecule has 134 valence electrons. The van der Waals surface area contributed by atoms with Crippen LogP contribution in [0.2, 0.25) is 5.02 Å². The highest BCUT2D eigenvalue weighted by atomic mass is 35.5. The lowest BCUT2D eigenvalue weighted by molar-refractivity contribution is -0.141. The van der Waals surface area contributed by atoms with Crippen molar-refractivity contribution < 1.29 is 22.7 Å². The van der Waals surface area contributed by atoms with Gasteiger partial charge in [0.05, 0.1) is 0 Å². The molecule has 1 aromatic heterocycles. The zero-order valence-corrected chi connectivity index (χ0v) is 13.8. The number of benzene rings is 1. The maximum Gasteiger partial charge on any atom is 0.432 e. The van der Waals surface area contributed by atoms with E-state index in [-0.39, 0.29) is 11.8 Å². The van der Waals surface area contributed by atoms with Gasteiger partial charge in [-0.25, -0.2) is 0 Å². The van der Waals surface area contributed by atoms with Crippen LogP contribution in [-0.2, 0) is 6.18 Å². The van der Waals surface area contributed by atoms with Crippen LogP contribution in [0.25, 0.3) is 0 Å². The van der Waals surface area contributed by atoms with E-state index < -0.39 is 17.8 Å². The van der Waals surface area contributed by atoms with Crippen molar-refractivity contribution in [3.63, 3.8) is 0 Å². The minimum atomic E-state index is -4.55. The fourth-order valence-electron chi connectivity index (χ4n) is 2.62. The average Bonchev–Trinajstić information content (AvgIpc) is 3.07. The third-order valence-electron chi connectivity index (χ3n) is 3.95. The first kappa shape index (κ1) is 17.6. The van der Waals surface area contributed by atoms with Gasteiger partial charge in [0.1, 0.15) is 17.5 Å². The molecular formula is C16H15ClF3N3O2. The van der Waals surface area contributed by atoms with Crippen LogP contribution < -0.4 is 4.74 Å². The summed E-state index contributed by atoms with van der Waals surface area (Å²) in [6.45, 7) is 0.788. The summed E-state index contributed by atoms with van der Waals surface area (Å²) in [6, 6.07) is 7.72. The number of aromatic nitrogens is 2. The number of H-pyrrole nitrogens is 1. The summed E-state index contributed by atoms with van der Waals surface area (Å²) >= 11 is 5.82. The van der Waals surface area contributed by atoms with Crippen molar-refractivity contribution in [2.75, 3.05) is 13.1 Å². The van der Waals surface area contributed by atoms with Crippen LogP contribution in [0.1, 0.15) is 29.0 Å². The van der Waals surface area contributed by atoms with Gasteiger partial charge in [-0.3, -0.25) is 9.89 Å². The van der Waals surface area contributed by atoms with E-state index in [4.69, 9.17) is 16.3 Å². The first-order chi connectivity index (χ1) is 11.8. The summed E-state index contributed by atoms with van der Waals surface area (Å²) in [5.74, 6) is 0.174. The smallest absolute Gasteiger partial charge is 0.432 e. The Kier molecular flexibility index (Phi) is 4.89. The molecule has 1 amide bonds. The number of ether oxygens (including phenoxy) is 1. The lowest BCUT2D eigenvalue weighted by atomic mass is 10.1. The Morgan fingerprint density at radius 3 is 2.44 bits per heavy atom. The Morgan fingerprint density at radius 2 is 1.88 bits per heavy atom. The number of piperidine rings is 1. The molecular weight excluding hydrogens is 359 g/mol. The van der Waals surface area contributed by atoms with Crippen molar-refractivity contribution in [3.8, 4) is 5.75 Å². The Labute approximate surface area is 146 Å². The number of carbonyl (C=O) groups excluding carboxylic acids is 1. The molecule has 1 aliphatic heterocycles. The number of nitrogens with one attached hydrogen (secondary N) is 1. The summed E-state index contributed by atoms with van der Waals surface area (Å²) in [6.07, 6.45) is -3.43. The van der Waals surface area contributed by atoms with Gasteiger partial charge in [-0.1, -0.05) is 11.6 Å². The van der Waals surface area contributed by atoms with Gasteiger partial charge < -0.3 is 9.64 Å². The van der Waals surface area contributed by atoms with E-state index in [0.717, 1.165) is 6.07 Å². The zero-order chi connectivity index (χ0) is 18.0. The highest BCUT2D eigenvalue weighted by Gasteiger charge is 2.35. The van der Waals surface area contributed by atoms with Gasteiger partial charge in [0, 0.05) is 37.0 Å². The number of amides is 1. The van der Waals surface area contributed by atoms with Gasteiger partial charge in [-0.05, 0) is 24.3 Å². The second-order valence-electron chi connectivity index (χ2n) is 5.73. The molecule has 2 heterocycles. The number of aromatic amines is 1. The van der Waals surface area contributed by atoms with Gasteiger partial charge in [0.2, 0.25) is 0 Å². The first-order valence-corrected chi connectivity index (χ1v) is 8.05. The van der Waals surface area contributed by atoms with E-state index in [2.05, 4.69) is 5.10 Å². The minimum absolute atomic E-state index is 0.0601. The Hall–Kier alpha value is -2.22. The highest BCUT2D eigenvalue weighted by molar-refractivity contribution is 6.30. The number of carbonyl (C=O) groups is 1. The molecule has 1 fully saturated rings. The summed E-state index contributed by atoms with van der Waals surface area (Å²) < 4.78 is 43.5. The topological polar surface area (TPSA) is 58.2 Å². The van der Waals surface area contributed by atoms with Crippen molar-refractivity contribution in [1.82, 2.24) is 15.1 Å². The van der Waals surface area contributed by atoms with Crippen molar-refractivity contribution in [2.24, 2.45) is 0 Å². The molecule has 0 atom stereocenters. The third-order valence-corrected chi connectivity index (χ3v) is 4.20. The molecule has 1 N–H and O–H groups in total. The highest BCUT2D eigenvalue weighted by Crippen LogP contribution is 2.28. The number of hydrogen-bond donors (Lipinski definition) is 1. The standard InChI is InChI=1S/C16H15ClF3N3O2/c17-10-1-3-11(4-2-10)25-12-5-7-23(8-6-12)15(24)13-9-14(22-21-13)16(18,19)20/h1-4,9,12H,5-8H2,(H,21,22). The van der Waals surface area contributed by atoms with Crippen LogP contribution in [-0.4, -0.2) is 40.2 Å². The van der Waals surface area contributed by atoms with E-state index in [9.17, 15) is 18.0 Å². The first-order valence-electron chi connectivity index (χ1n) is 7.67. The molecule has 0 radical (unpaired) electrons. The summed E-state index contributed by atoms with van der Waals surface area (Å²) in [5.41, 5.74) is -1.26. The van der Waals surface area contributed by atoms with Gasteiger partial charge in [0.15, 0.2) is 5.69 Å². The summed E-state index contributed by atoms with van der Waals surface area (Å²) in [7, 11) is 0. The lowest BCUT2D eigenvalue weighted by Gasteiger charge is -2.31. The van der Waals surface area contributed by atoms with Crippen LogP contribution >= 0.6 is 11.6 Å². The molecule has 0 spiro atoms. The molecule has 1 saturated heterocycles. The molecule has 3 rings (SSSR count). The number of hydrogen-bond acceptors (Lipinski definition) is 3. The van der Waals surface area contributed by atoms with Crippen molar-refractivity contribution >= 4 is 17.5 Å². The third kappa shape index (κ3) is 4.25. The van der Waals surface area contributed by atoms with Crippen LogP contribution in [0.15, 0.2) is 30.3 Å². The second kappa shape index (κ2) is 6.95. The minimum Gasteiger partial charge on any atom is -0.490 e.